The van der Waals surface area contributed by atoms with Crippen molar-refractivity contribution in [2.45, 2.75) is 11.2 Å². The van der Waals surface area contributed by atoms with Crippen LogP contribution in [0.25, 0.3) is 0 Å². The average Bonchev–Trinajstić information content (AvgIpc) is 2.90. The summed E-state index contributed by atoms with van der Waals surface area (Å²) in [6.07, 6.45) is 1.27. The van der Waals surface area contributed by atoms with E-state index in [-0.39, 0.29) is 23.9 Å². The zero-order chi connectivity index (χ0) is 12.9. The molecule has 1 fully saturated rings. The Morgan fingerprint density at radius 3 is 2.67 bits per heavy atom. The SMILES string of the molecule is CS(=O)(=O)[C@@H]1[C@H](CN)[C@@H]1c1ccc2c(c1)OCO2. The zero-order valence-corrected chi connectivity index (χ0v) is 10.8. The molecule has 18 heavy (non-hydrogen) atoms. The molecule has 6 heteroatoms. The van der Waals surface area contributed by atoms with Crippen LogP contribution >= 0.6 is 0 Å². The summed E-state index contributed by atoms with van der Waals surface area (Å²) in [4.78, 5) is 0. The number of hydrogen-bond acceptors (Lipinski definition) is 5. The normalized spacial score (nSPS) is 29.3. The van der Waals surface area contributed by atoms with Crippen LogP contribution in [0.1, 0.15) is 11.5 Å². The van der Waals surface area contributed by atoms with Crippen LogP contribution in [0, 0.1) is 5.92 Å². The molecule has 0 amide bonds. The average molecular weight is 269 g/mol. The van der Waals surface area contributed by atoms with Crippen LogP contribution in [0.3, 0.4) is 0 Å². The third-order valence-corrected chi connectivity index (χ3v) is 5.28. The van der Waals surface area contributed by atoms with Gasteiger partial charge < -0.3 is 15.2 Å². The Hall–Kier alpha value is -1.27. The molecule has 0 spiro atoms. The molecule has 0 bridgehead atoms. The van der Waals surface area contributed by atoms with Gasteiger partial charge in [-0.25, -0.2) is 8.42 Å². The molecule has 0 saturated heterocycles. The van der Waals surface area contributed by atoms with Crippen LogP contribution in [0.5, 0.6) is 11.5 Å². The number of nitrogens with two attached hydrogens (primary N) is 1. The molecule has 0 aromatic heterocycles. The van der Waals surface area contributed by atoms with E-state index < -0.39 is 9.84 Å². The van der Waals surface area contributed by atoms with Crippen molar-refractivity contribution in [3.8, 4) is 11.5 Å². The van der Waals surface area contributed by atoms with E-state index in [1.54, 1.807) is 0 Å². The fourth-order valence-corrected chi connectivity index (χ4v) is 4.48. The Bertz CT molecular complexity index is 584. The second-order valence-corrected chi connectivity index (χ2v) is 7.04. The van der Waals surface area contributed by atoms with Gasteiger partial charge in [0, 0.05) is 12.2 Å². The number of rotatable bonds is 3. The van der Waals surface area contributed by atoms with Gasteiger partial charge in [0.05, 0.1) is 5.25 Å². The van der Waals surface area contributed by atoms with Gasteiger partial charge in [0.1, 0.15) is 0 Å². The monoisotopic (exact) mass is 269 g/mol. The van der Waals surface area contributed by atoms with Gasteiger partial charge in [-0.1, -0.05) is 6.07 Å². The van der Waals surface area contributed by atoms with Crippen molar-refractivity contribution in [2.24, 2.45) is 11.7 Å². The lowest BCUT2D eigenvalue weighted by atomic mass is 10.1. The van der Waals surface area contributed by atoms with E-state index in [0.717, 1.165) is 5.56 Å². The van der Waals surface area contributed by atoms with Crippen LogP contribution in [0.15, 0.2) is 18.2 Å². The molecule has 98 valence electrons. The maximum atomic E-state index is 11.7. The van der Waals surface area contributed by atoms with Crippen molar-refractivity contribution >= 4 is 9.84 Å². The number of sulfone groups is 1. The van der Waals surface area contributed by atoms with E-state index in [9.17, 15) is 8.42 Å². The van der Waals surface area contributed by atoms with Gasteiger partial charge in [-0.3, -0.25) is 0 Å². The van der Waals surface area contributed by atoms with E-state index in [4.69, 9.17) is 15.2 Å². The topological polar surface area (TPSA) is 78.6 Å². The lowest BCUT2D eigenvalue weighted by molar-refractivity contribution is 0.174. The summed E-state index contributed by atoms with van der Waals surface area (Å²) < 4.78 is 33.9. The third-order valence-electron chi connectivity index (χ3n) is 3.64. The number of benzene rings is 1. The lowest BCUT2D eigenvalue weighted by Gasteiger charge is -2.02. The molecule has 1 aliphatic carbocycles. The Morgan fingerprint density at radius 2 is 2.06 bits per heavy atom. The highest BCUT2D eigenvalue weighted by Gasteiger charge is 2.56. The van der Waals surface area contributed by atoms with Gasteiger partial charge in [-0.05, 0) is 30.2 Å². The number of hydrogen-bond donors (Lipinski definition) is 1. The molecule has 1 saturated carbocycles. The molecule has 5 nitrogen and oxygen atoms in total. The summed E-state index contributed by atoms with van der Waals surface area (Å²) in [5.41, 5.74) is 6.60. The van der Waals surface area contributed by atoms with Gasteiger partial charge in [-0.15, -0.1) is 0 Å². The quantitative estimate of drug-likeness (QED) is 0.864. The summed E-state index contributed by atoms with van der Waals surface area (Å²) in [6.45, 7) is 0.607. The number of fused-ring (bicyclic) bond motifs is 1. The molecule has 3 rings (SSSR count). The first-order valence-electron chi connectivity index (χ1n) is 5.81. The van der Waals surface area contributed by atoms with E-state index in [1.807, 2.05) is 18.2 Å². The second kappa shape index (κ2) is 3.86. The molecule has 0 unspecified atom stereocenters. The predicted molar refractivity (Wildman–Crippen MR) is 66.5 cm³/mol. The Labute approximate surface area is 106 Å². The van der Waals surface area contributed by atoms with Gasteiger partial charge in [0.15, 0.2) is 21.3 Å². The minimum Gasteiger partial charge on any atom is -0.454 e. The summed E-state index contributed by atoms with van der Waals surface area (Å²) in [5.74, 6) is 1.39. The molecule has 3 atom stereocenters. The second-order valence-electron chi connectivity index (χ2n) is 4.83. The van der Waals surface area contributed by atoms with Gasteiger partial charge >= 0.3 is 0 Å². The summed E-state index contributed by atoms with van der Waals surface area (Å²) >= 11 is 0. The highest BCUT2D eigenvalue weighted by molar-refractivity contribution is 7.91. The maximum Gasteiger partial charge on any atom is 0.231 e. The van der Waals surface area contributed by atoms with Crippen molar-refractivity contribution in [3.05, 3.63) is 23.8 Å². The van der Waals surface area contributed by atoms with Crippen molar-refractivity contribution in [3.63, 3.8) is 0 Å². The molecule has 1 aromatic carbocycles. The Kier molecular flexibility index (Phi) is 2.53. The minimum absolute atomic E-state index is 0.0142. The first-order chi connectivity index (χ1) is 8.52. The van der Waals surface area contributed by atoms with Gasteiger partial charge in [-0.2, -0.15) is 0 Å². The Morgan fingerprint density at radius 1 is 1.33 bits per heavy atom. The highest BCUT2D eigenvalue weighted by Crippen LogP contribution is 2.52. The Balaban J connectivity index is 1.92. The van der Waals surface area contributed by atoms with Crippen molar-refractivity contribution in [1.29, 1.82) is 0 Å². The van der Waals surface area contributed by atoms with E-state index in [1.165, 1.54) is 6.26 Å². The molecule has 1 aliphatic heterocycles. The molecular formula is C12H15NO4S. The molecule has 2 aliphatic rings. The molecule has 2 N–H and O–H groups in total. The van der Waals surface area contributed by atoms with Crippen molar-refractivity contribution in [1.82, 2.24) is 0 Å². The third kappa shape index (κ3) is 1.76. The van der Waals surface area contributed by atoms with Crippen LogP contribution in [-0.2, 0) is 9.84 Å². The van der Waals surface area contributed by atoms with E-state index in [0.29, 0.717) is 18.0 Å². The first-order valence-corrected chi connectivity index (χ1v) is 7.76. The van der Waals surface area contributed by atoms with Crippen molar-refractivity contribution < 1.29 is 17.9 Å². The first kappa shape index (κ1) is 11.8. The molecule has 0 radical (unpaired) electrons. The molecule has 1 aromatic rings. The number of ether oxygens (including phenoxy) is 2. The largest absolute Gasteiger partial charge is 0.454 e. The zero-order valence-electron chi connectivity index (χ0n) is 10.00. The summed E-state index contributed by atoms with van der Waals surface area (Å²) in [5, 5.41) is -0.358. The van der Waals surface area contributed by atoms with Crippen LogP contribution in [-0.4, -0.2) is 33.3 Å². The summed E-state index contributed by atoms with van der Waals surface area (Å²) in [6, 6.07) is 5.58. The lowest BCUT2D eigenvalue weighted by Crippen LogP contribution is -2.11. The minimum atomic E-state index is -3.05. The maximum absolute atomic E-state index is 11.7. The highest BCUT2D eigenvalue weighted by atomic mass is 32.2. The fourth-order valence-electron chi connectivity index (χ4n) is 2.76. The van der Waals surface area contributed by atoms with E-state index >= 15 is 0 Å². The van der Waals surface area contributed by atoms with Crippen LogP contribution < -0.4 is 15.2 Å². The standard InChI is InChI=1S/C12H15NO4S/c1-18(14,15)12-8(5-13)11(12)7-2-3-9-10(4-7)17-6-16-9/h2-4,8,11-12H,5-6,13H2,1H3/t8-,11+,12-/m1/s1. The van der Waals surface area contributed by atoms with Crippen LogP contribution in [0.4, 0.5) is 0 Å². The smallest absolute Gasteiger partial charge is 0.231 e. The predicted octanol–water partition coefficient (Wildman–Crippen LogP) is 0.501. The van der Waals surface area contributed by atoms with E-state index in [2.05, 4.69) is 0 Å². The fraction of sp³-hybridized carbons (Fsp3) is 0.500. The van der Waals surface area contributed by atoms with Gasteiger partial charge in [0.25, 0.3) is 0 Å². The van der Waals surface area contributed by atoms with Gasteiger partial charge in [0.2, 0.25) is 6.79 Å². The molecule has 1 heterocycles. The molecular weight excluding hydrogens is 254 g/mol. The van der Waals surface area contributed by atoms with Crippen molar-refractivity contribution in [2.75, 3.05) is 19.6 Å². The van der Waals surface area contributed by atoms with Crippen LogP contribution in [0.2, 0.25) is 0 Å². The summed E-state index contributed by atoms with van der Waals surface area (Å²) in [7, 11) is -3.05.